The normalized spacial score (nSPS) is 9.30. The van der Waals surface area contributed by atoms with Gasteiger partial charge in [-0.1, -0.05) is 22.5 Å². The Bertz CT molecular complexity index is 220. The Hall–Kier alpha value is -0.700. The Morgan fingerprint density at radius 3 is 2.60 bits per heavy atom. The minimum atomic E-state index is 0.708. The minimum Gasteiger partial charge on any atom is -0.237 e. The van der Waals surface area contributed by atoms with Crippen LogP contribution in [0.1, 0.15) is 5.82 Å². The molecule has 1 heterocycles. The molecule has 1 aromatic heterocycles. The minimum absolute atomic E-state index is 0.708. The summed E-state index contributed by atoms with van der Waals surface area (Å²) in [5.74, 6) is 0.708. The molecule has 3 heteroatoms. The smallest absolute Gasteiger partial charge is 0.155 e. The molecule has 0 radical (unpaired) electrons. The predicted octanol–water partition coefficient (Wildman–Crippen LogP) is 1.88. The van der Waals surface area contributed by atoms with Crippen LogP contribution in [0.2, 0.25) is 0 Å². The molecule has 10 heavy (non-hydrogen) atoms. The third-order valence-electron chi connectivity index (χ3n) is 1.04. The van der Waals surface area contributed by atoms with E-state index in [9.17, 15) is 0 Å². The lowest BCUT2D eigenvalue weighted by Gasteiger charge is -1.95. The topological polar surface area (TPSA) is 25.8 Å². The van der Waals surface area contributed by atoms with Crippen LogP contribution in [0.3, 0.4) is 0 Å². The Balaban J connectivity index is 2.85. The van der Waals surface area contributed by atoms with E-state index >= 15 is 0 Å². The summed E-state index contributed by atoms with van der Waals surface area (Å²) in [6.07, 6.45) is 3.41. The lowest BCUT2D eigenvalue weighted by Crippen LogP contribution is -1.91. The molecule has 0 aliphatic heterocycles. The van der Waals surface area contributed by atoms with Crippen LogP contribution in [-0.2, 0) is 0 Å². The third-order valence-corrected chi connectivity index (χ3v) is 1.72. The molecule has 0 saturated heterocycles. The van der Waals surface area contributed by atoms with Crippen molar-refractivity contribution in [2.24, 2.45) is 0 Å². The molecule has 0 aromatic carbocycles. The quantitative estimate of drug-likeness (QED) is 0.679. The van der Waals surface area contributed by atoms with Crippen LogP contribution < -0.4 is 0 Å². The predicted molar refractivity (Wildman–Crippen MR) is 44.9 cm³/mol. The molecule has 0 spiro atoms. The zero-order chi connectivity index (χ0) is 7.40. The molecule has 0 bridgehead atoms. The standard InChI is InChI=1S/C7H7BrN2/c1-6(5-8)7-9-3-2-4-10-7/h2-4H,1,5H2. The first-order valence-electron chi connectivity index (χ1n) is 2.85. The maximum absolute atomic E-state index is 4.01. The van der Waals surface area contributed by atoms with Crippen molar-refractivity contribution >= 4 is 21.5 Å². The molecule has 0 aliphatic carbocycles. The van der Waals surface area contributed by atoms with Gasteiger partial charge in [-0.3, -0.25) is 0 Å². The molecule has 1 rings (SSSR count). The first-order chi connectivity index (χ1) is 4.84. The van der Waals surface area contributed by atoms with Crippen LogP contribution in [-0.4, -0.2) is 15.3 Å². The van der Waals surface area contributed by atoms with Crippen LogP contribution in [0.5, 0.6) is 0 Å². The lowest BCUT2D eigenvalue weighted by molar-refractivity contribution is 1.12. The monoisotopic (exact) mass is 198 g/mol. The Morgan fingerprint density at radius 1 is 1.50 bits per heavy atom. The molecule has 0 saturated carbocycles. The lowest BCUT2D eigenvalue weighted by atomic mass is 10.3. The number of allylic oxidation sites excluding steroid dienone is 1. The Labute approximate surface area is 68.1 Å². The van der Waals surface area contributed by atoms with Gasteiger partial charge in [0.1, 0.15) is 0 Å². The SMILES string of the molecule is C=C(CBr)c1ncccn1. The average molecular weight is 199 g/mol. The van der Waals surface area contributed by atoms with E-state index in [-0.39, 0.29) is 0 Å². The fourth-order valence-corrected chi connectivity index (χ4v) is 0.792. The highest BCUT2D eigenvalue weighted by atomic mass is 79.9. The van der Waals surface area contributed by atoms with E-state index in [1.807, 2.05) is 0 Å². The fraction of sp³-hybridized carbons (Fsp3) is 0.143. The van der Waals surface area contributed by atoms with Gasteiger partial charge in [0.05, 0.1) is 0 Å². The number of hydrogen-bond acceptors (Lipinski definition) is 2. The molecule has 0 amide bonds. The van der Waals surface area contributed by atoms with Crippen LogP contribution in [0.15, 0.2) is 25.0 Å². The summed E-state index contributed by atoms with van der Waals surface area (Å²) in [4.78, 5) is 8.02. The summed E-state index contributed by atoms with van der Waals surface area (Å²) >= 11 is 3.27. The van der Waals surface area contributed by atoms with Crippen LogP contribution in [0, 0.1) is 0 Å². The molecule has 0 unspecified atom stereocenters. The van der Waals surface area contributed by atoms with Crippen molar-refractivity contribution in [3.63, 3.8) is 0 Å². The van der Waals surface area contributed by atoms with Gasteiger partial charge in [-0.25, -0.2) is 9.97 Å². The van der Waals surface area contributed by atoms with Crippen molar-refractivity contribution in [3.8, 4) is 0 Å². The van der Waals surface area contributed by atoms with Gasteiger partial charge in [-0.15, -0.1) is 0 Å². The van der Waals surface area contributed by atoms with E-state index in [1.165, 1.54) is 0 Å². The summed E-state index contributed by atoms with van der Waals surface area (Å²) in [6.45, 7) is 3.77. The first kappa shape index (κ1) is 7.41. The fourth-order valence-electron chi connectivity index (χ4n) is 0.541. The average Bonchev–Trinajstić information content (AvgIpc) is 2.05. The van der Waals surface area contributed by atoms with E-state index in [0.717, 1.165) is 10.9 Å². The van der Waals surface area contributed by atoms with Gasteiger partial charge in [0, 0.05) is 23.3 Å². The molecular weight excluding hydrogens is 192 g/mol. The Kier molecular flexibility index (Phi) is 2.57. The first-order valence-corrected chi connectivity index (χ1v) is 3.98. The highest BCUT2D eigenvalue weighted by Crippen LogP contribution is 2.06. The summed E-state index contributed by atoms with van der Waals surface area (Å²) in [5, 5.41) is 0.719. The summed E-state index contributed by atoms with van der Waals surface area (Å²) < 4.78 is 0. The van der Waals surface area contributed by atoms with Gasteiger partial charge in [0.15, 0.2) is 5.82 Å². The van der Waals surface area contributed by atoms with E-state index in [2.05, 4.69) is 32.5 Å². The molecular formula is C7H7BrN2. The van der Waals surface area contributed by atoms with Crippen molar-refractivity contribution in [3.05, 3.63) is 30.9 Å². The van der Waals surface area contributed by atoms with Crippen LogP contribution >= 0.6 is 15.9 Å². The number of alkyl halides is 1. The van der Waals surface area contributed by atoms with Crippen molar-refractivity contribution in [1.82, 2.24) is 9.97 Å². The number of rotatable bonds is 2. The van der Waals surface area contributed by atoms with Crippen molar-refractivity contribution < 1.29 is 0 Å². The van der Waals surface area contributed by atoms with Gasteiger partial charge in [0.2, 0.25) is 0 Å². The van der Waals surface area contributed by atoms with Crippen molar-refractivity contribution in [2.75, 3.05) is 5.33 Å². The molecule has 0 aliphatic rings. The van der Waals surface area contributed by atoms with E-state index < -0.39 is 0 Å². The summed E-state index contributed by atoms with van der Waals surface area (Å²) in [6, 6.07) is 1.78. The van der Waals surface area contributed by atoms with Crippen molar-refractivity contribution in [1.29, 1.82) is 0 Å². The highest BCUT2D eigenvalue weighted by molar-refractivity contribution is 9.09. The third kappa shape index (κ3) is 1.64. The second-order valence-electron chi connectivity index (χ2n) is 1.81. The van der Waals surface area contributed by atoms with Gasteiger partial charge in [-0.2, -0.15) is 0 Å². The maximum Gasteiger partial charge on any atom is 0.155 e. The molecule has 0 N–H and O–H groups in total. The van der Waals surface area contributed by atoms with Gasteiger partial charge in [-0.05, 0) is 6.07 Å². The van der Waals surface area contributed by atoms with Gasteiger partial charge >= 0.3 is 0 Å². The largest absolute Gasteiger partial charge is 0.237 e. The molecule has 0 atom stereocenters. The number of aromatic nitrogens is 2. The maximum atomic E-state index is 4.01. The Morgan fingerprint density at radius 2 is 2.10 bits per heavy atom. The molecule has 2 nitrogen and oxygen atoms in total. The number of nitrogens with zero attached hydrogens (tertiary/aromatic N) is 2. The zero-order valence-electron chi connectivity index (χ0n) is 5.42. The van der Waals surface area contributed by atoms with E-state index in [0.29, 0.717) is 5.82 Å². The van der Waals surface area contributed by atoms with E-state index in [1.54, 1.807) is 18.5 Å². The zero-order valence-corrected chi connectivity index (χ0v) is 7.00. The summed E-state index contributed by atoms with van der Waals surface area (Å²) in [5.41, 5.74) is 0.903. The molecule has 52 valence electrons. The molecule has 0 fully saturated rings. The second kappa shape index (κ2) is 3.46. The van der Waals surface area contributed by atoms with E-state index in [4.69, 9.17) is 0 Å². The number of halogens is 1. The van der Waals surface area contributed by atoms with Crippen LogP contribution in [0.25, 0.3) is 5.57 Å². The van der Waals surface area contributed by atoms with Crippen molar-refractivity contribution in [2.45, 2.75) is 0 Å². The number of hydrogen-bond donors (Lipinski definition) is 0. The van der Waals surface area contributed by atoms with Crippen LogP contribution in [0.4, 0.5) is 0 Å². The molecule has 1 aromatic rings. The second-order valence-corrected chi connectivity index (χ2v) is 2.37. The van der Waals surface area contributed by atoms with Gasteiger partial charge < -0.3 is 0 Å². The highest BCUT2D eigenvalue weighted by Gasteiger charge is 1.96. The summed E-state index contributed by atoms with van der Waals surface area (Å²) in [7, 11) is 0. The van der Waals surface area contributed by atoms with Gasteiger partial charge in [0.25, 0.3) is 0 Å².